The van der Waals surface area contributed by atoms with E-state index < -0.39 is 36.2 Å². The molecule has 3 rings (SSSR count). The molecule has 1 aromatic carbocycles. The van der Waals surface area contributed by atoms with Crippen molar-refractivity contribution >= 4 is 11.6 Å². The molecule has 0 saturated heterocycles. The van der Waals surface area contributed by atoms with E-state index in [0.717, 1.165) is 10.8 Å². The number of aromatic nitrogens is 4. The first-order chi connectivity index (χ1) is 14.7. The van der Waals surface area contributed by atoms with E-state index in [1.165, 1.54) is 48.3 Å². The molecule has 0 aliphatic heterocycles. The van der Waals surface area contributed by atoms with E-state index in [1.54, 1.807) is 0 Å². The van der Waals surface area contributed by atoms with Gasteiger partial charge in [-0.05, 0) is 31.2 Å². The van der Waals surface area contributed by atoms with Gasteiger partial charge in [-0.15, -0.1) is 0 Å². The van der Waals surface area contributed by atoms with Crippen LogP contribution in [0.5, 0.6) is 0 Å². The second kappa shape index (κ2) is 10.2. The number of carbonyl (C=O) groups excluding carboxylic acids is 1. The summed E-state index contributed by atoms with van der Waals surface area (Å²) in [6, 6.07) is 4.41. The molecule has 0 radical (unpaired) electrons. The minimum Gasteiger partial charge on any atom is -0.396 e. The highest BCUT2D eigenvalue weighted by molar-refractivity contribution is 5.93. The number of aryl methyl sites for hydroxylation is 1. The minimum absolute atomic E-state index is 0.00654. The van der Waals surface area contributed by atoms with E-state index in [1.807, 2.05) is 13.8 Å². The van der Waals surface area contributed by atoms with Gasteiger partial charge in [0.15, 0.2) is 5.69 Å². The van der Waals surface area contributed by atoms with Gasteiger partial charge in [0.2, 0.25) is 5.91 Å². The maximum absolute atomic E-state index is 13.0. The largest absolute Gasteiger partial charge is 0.434 e. The van der Waals surface area contributed by atoms with Crippen LogP contribution in [0.3, 0.4) is 0 Å². The topological polar surface area (TPSA) is 85.0 Å². The van der Waals surface area contributed by atoms with Crippen molar-refractivity contribution in [3.05, 3.63) is 60.2 Å². The Morgan fingerprint density at radius 2 is 1.84 bits per heavy atom. The first kappa shape index (κ1) is 24.1. The van der Waals surface area contributed by atoms with Crippen molar-refractivity contribution < 1.29 is 27.5 Å². The second-order valence-corrected chi connectivity index (χ2v) is 6.25. The van der Waals surface area contributed by atoms with Crippen LogP contribution in [-0.2, 0) is 11.0 Å². The Bertz CT molecular complexity index is 996. The molecular formula is C20H23F4N5O2. The van der Waals surface area contributed by atoms with Crippen molar-refractivity contribution in [3.63, 3.8) is 0 Å². The molecule has 168 valence electrons. The molecule has 1 unspecified atom stereocenters. The third-order valence-electron chi connectivity index (χ3n) is 4.19. The van der Waals surface area contributed by atoms with Crippen LogP contribution in [0.15, 0.2) is 42.9 Å². The first-order valence-corrected chi connectivity index (χ1v) is 9.54. The Kier molecular flexibility index (Phi) is 7.92. The van der Waals surface area contributed by atoms with Crippen molar-refractivity contribution in [2.45, 2.75) is 39.4 Å². The van der Waals surface area contributed by atoms with Gasteiger partial charge in [-0.25, -0.2) is 14.1 Å². The van der Waals surface area contributed by atoms with Crippen molar-refractivity contribution in [3.8, 4) is 5.69 Å². The number of alkyl halides is 3. The van der Waals surface area contributed by atoms with Gasteiger partial charge in [0.05, 0.1) is 23.8 Å². The zero-order chi connectivity index (χ0) is 23.2. The fourth-order valence-electron chi connectivity index (χ4n) is 2.80. The Labute approximate surface area is 176 Å². The molecule has 0 aliphatic carbocycles. The predicted molar refractivity (Wildman–Crippen MR) is 106 cm³/mol. The summed E-state index contributed by atoms with van der Waals surface area (Å²) in [5.74, 6) is -1.05. The average molecular weight is 441 g/mol. The summed E-state index contributed by atoms with van der Waals surface area (Å²) < 4.78 is 54.2. The molecule has 2 aromatic heterocycles. The van der Waals surface area contributed by atoms with E-state index in [9.17, 15) is 27.5 Å². The van der Waals surface area contributed by atoms with Crippen LogP contribution >= 0.6 is 0 Å². The lowest BCUT2D eigenvalue weighted by molar-refractivity contribution is -0.141. The molecule has 7 nitrogen and oxygen atoms in total. The van der Waals surface area contributed by atoms with Gasteiger partial charge in [-0.1, -0.05) is 13.8 Å². The molecule has 0 fully saturated rings. The summed E-state index contributed by atoms with van der Waals surface area (Å²) in [7, 11) is 0. The maximum Gasteiger partial charge on any atom is 0.434 e. The Hall–Kier alpha value is -3.21. The number of rotatable bonds is 6. The molecule has 3 aromatic rings. The fourth-order valence-corrected chi connectivity index (χ4v) is 2.80. The summed E-state index contributed by atoms with van der Waals surface area (Å²) in [6.45, 7) is 4.94. The Balaban J connectivity index is 0.00000166. The van der Waals surface area contributed by atoms with Gasteiger partial charge >= 0.3 is 6.18 Å². The van der Waals surface area contributed by atoms with Crippen LogP contribution in [0.2, 0.25) is 0 Å². The normalized spacial score (nSPS) is 12.1. The smallest absolute Gasteiger partial charge is 0.396 e. The maximum atomic E-state index is 13.0. The molecular weight excluding hydrogens is 418 g/mol. The van der Waals surface area contributed by atoms with Gasteiger partial charge in [-0.3, -0.25) is 4.79 Å². The monoisotopic (exact) mass is 441 g/mol. The number of carbonyl (C=O) groups is 1. The quantitative estimate of drug-likeness (QED) is 0.564. The van der Waals surface area contributed by atoms with E-state index in [-0.39, 0.29) is 17.9 Å². The lowest BCUT2D eigenvalue weighted by atomic mass is 10.2. The number of nitrogens with one attached hydrogen (secondary N) is 1. The molecule has 0 aliphatic rings. The molecule has 1 amide bonds. The lowest BCUT2D eigenvalue weighted by Crippen LogP contribution is -2.27. The third kappa shape index (κ3) is 5.91. The van der Waals surface area contributed by atoms with Crippen molar-refractivity contribution in [2.24, 2.45) is 0 Å². The average Bonchev–Trinajstić information content (AvgIpc) is 3.35. The second-order valence-electron chi connectivity index (χ2n) is 6.25. The highest BCUT2D eigenvalue weighted by atomic mass is 19.4. The van der Waals surface area contributed by atoms with Crippen LogP contribution < -0.4 is 5.32 Å². The van der Waals surface area contributed by atoms with Gasteiger partial charge in [0.1, 0.15) is 17.7 Å². The number of halogens is 4. The van der Waals surface area contributed by atoms with Crippen LogP contribution in [0.1, 0.15) is 37.8 Å². The number of aliphatic hydroxyl groups excluding tert-OH is 1. The summed E-state index contributed by atoms with van der Waals surface area (Å²) in [4.78, 5) is 16.1. The van der Waals surface area contributed by atoms with Crippen LogP contribution in [0, 0.1) is 12.7 Å². The number of imidazole rings is 1. The van der Waals surface area contributed by atoms with E-state index in [0.29, 0.717) is 5.69 Å². The summed E-state index contributed by atoms with van der Waals surface area (Å²) in [5.41, 5.74) is -0.273. The van der Waals surface area contributed by atoms with Gasteiger partial charge < -0.3 is 15.0 Å². The number of hydrogen-bond donors (Lipinski definition) is 2. The van der Waals surface area contributed by atoms with Gasteiger partial charge in [0, 0.05) is 19.2 Å². The molecule has 31 heavy (non-hydrogen) atoms. The summed E-state index contributed by atoms with van der Waals surface area (Å²) in [5, 5.41) is 15.9. The van der Waals surface area contributed by atoms with Gasteiger partial charge in [-0.2, -0.15) is 18.3 Å². The number of anilines is 1. The van der Waals surface area contributed by atoms with Crippen molar-refractivity contribution in [2.75, 3.05) is 11.9 Å². The summed E-state index contributed by atoms with van der Waals surface area (Å²) in [6.07, 6.45) is -1.18. The number of hydrogen-bond acceptors (Lipinski definition) is 4. The number of benzene rings is 1. The van der Waals surface area contributed by atoms with Crippen molar-refractivity contribution in [1.82, 2.24) is 19.3 Å². The predicted octanol–water partition coefficient (Wildman–Crippen LogP) is 4.12. The molecule has 2 heterocycles. The van der Waals surface area contributed by atoms with E-state index in [4.69, 9.17) is 0 Å². The first-order valence-electron chi connectivity index (χ1n) is 9.54. The van der Waals surface area contributed by atoms with E-state index >= 15 is 0 Å². The zero-order valence-electron chi connectivity index (χ0n) is 17.2. The molecule has 0 saturated carbocycles. The van der Waals surface area contributed by atoms with Crippen LogP contribution in [0.25, 0.3) is 5.69 Å². The summed E-state index contributed by atoms with van der Waals surface area (Å²) >= 11 is 0. The van der Waals surface area contributed by atoms with Crippen molar-refractivity contribution in [1.29, 1.82) is 0 Å². The number of amides is 1. The highest BCUT2D eigenvalue weighted by Crippen LogP contribution is 2.30. The Morgan fingerprint density at radius 1 is 1.19 bits per heavy atom. The van der Waals surface area contributed by atoms with Gasteiger partial charge in [0.25, 0.3) is 0 Å². The molecule has 0 spiro atoms. The molecule has 1 atom stereocenters. The van der Waals surface area contributed by atoms with Crippen LogP contribution in [0.4, 0.5) is 23.2 Å². The molecule has 11 heteroatoms. The molecule has 2 N–H and O–H groups in total. The van der Waals surface area contributed by atoms with E-state index in [2.05, 4.69) is 15.4 Å². The minimum atomic E-state index is -4.65. The standard InChI is InChI=1S/C18H17F4N5O2.C2H6/c1-11-24-16(18(20,21)22)10-26(11)15(6-7-28)17(29)25-13-8-23-27(9-13)14-4-2-12(19)3-5-14;1-2/h2-5,8-10,15,28H,6-7H2,1H3,(H,25,29);1-2H3. The number of nitrogens with zero attached hydrogens (tertiary/aromatic N) is 4. The van der Waals surface area contributed by atoms with Crippen LogP contribution in [-0.4, -0.2) is 37.0 Å². The Morgan fingerprint density at radius 3 is 2.39 bits per heavy atom. The highest BCUT2D eigenvalue weighted by Gasteiger charge is 2.35. The number of aliphatic hydroxyl groups is 1. The lowest BCUT2D eigenvalue weighted by Gasteiger charge is -2.18. The third-order valence-corrected chi connectivity index (χ3v) is 4.19. The fraction of sp³-hybridized carbons (Fsp3) is 0.350. The zero-order valence-corrected chi connectivity index (χ0v) is 17.2. The SMILES string of the molecule is CC.Cc1nc(C(F)(F)F)cn1C(CCO)C(=O)Nc1cnn(-c2ccc(F)cc2)c1. The molecule has 0 bridgehead atoms.